The molecule has 4 atom stereocenters. The van der Waals surface area contributed by atoms with Gasteiger partial charge < -0.3 is 4.90 Å². The quantitative estimate of drug-likeness (QED) is 0.719. The number of anilines is 1. The SMILES string of the molecule is CC(C)(C)C(=O)[C@@H]1[C@@H]2C(=O)N(c3ccccc3)C(=O)[C@@H]2[C@H]2c3ccccc3C=CN12. The molecule has 0 spiro atoms. The Morgan fingerprint density at radius 3 is 2.20 bits per heavy atom. The van der Waals surface area contributed by atoms with Crippen LogP contribution in [-0.4, -0.2) is 28.5 Å². The number of carbonyl (C=O) groups excluding carboxylic acids is 3. The Bertz CT molecular complexity index is 1080. The second kappa shape index (κ2) is 6.39. The van der Waals surface area contributed by atoms with Gasteiger partial charge in [-0.2, -0.15) is 0 Å². The minimum Gasteiger partial charge on any atom is -0.359 e. The molecular formula is C25H24N2O3. The van der Waals surface area contributed by atoms with E-state index in [1.807, 2.05) is 80.4 Å². The molecule has 30 heavy (non-hydrogen) atoms. The third-order valence-corrected chi connectivity index (χ3v) is 6.48. The number of carbonyl (C=O) groups is 3. The van der Waals surface area contributed by atoms with Crippen molar-refractivity contribution in [2.45, 2.75) is 32.9 Å². The average Bonchev–Trinajstić information content (AvgIpc) is 3.20. The van der Waals surface area contributed by atoms with Gasteiger partial charge >= 0.3 is 0 Å². The van der Waals surface area contributed by atoms with Gasteiger partial charge in [0.1, 0.15) is 6.04 Å². The summed E-state index contributed by atoms with van der Waals surface area (Å²) in [5, 5.41) is 0. The summed E-state index contributed by atoms with van der Waals surface area (Å²) in [5.74, 6) is -1.79. The van der Waals surface area contributed by atoms with Crippen LogP contribution in [0.4, 0.5) is 5.69 Å². The second-order valence-corrected chi connectivity index (χ2v) is 9.29. The van der Waals surface area contributed by atoms with Crippen LogP contribution in [-0.2, 0) is 14.4 Å². The zero-order valence-corrected chi connectivity index (χ0v) is 17.3. The fourth-order valence-corrected chi connectivity index (χ4v) is 5.13. The van der Waals surface area contributed by atoms with Crippen LogP contribution in [0.25, 0.3) is 6.08 Å². The molecule has 2 aromatic rings. The minimum atomic E-state index is -0.690. The van der Waals surface area contributed by atoms with E-state index in [0.29, 0.717) is 5.69 Å². The summed E-state index contributed by atoms with van der Waals surface area (Å²) in [4.78, 5) is 44.0. The summed E-state index contributed by atoms with van der Waals surface area (Å²) < 4.78 is 0. The zero-order chi connectivity index (χ0) is 21.2. The van der Waals surface area contributed by atoms with Crippen LogP contribution < -0.4 is 4.90 Å². The van der Waals surface area contributed by atoms with Crippen molar-refractivity contribution in [1.29, 1.82) is 0 Å². The number of Topliss-reactive ketones (excluding diaryl/α,β-unsaturated/α-hetero) is 1. The van der Waals surface area contributed by atoms with Crippen LogP contribution >= 0.6 is 0 Å². The number of benzene rings is 2. The number of hydrogen-bond acceptors (Lipinski definition) is 4. The molecule has 5 heteroatoms. The third-order valence-electron chi connectivity index (χ3n) is 6.48. The lowest BCUT2D eigenvalue weighted by Gasteiger charge is -2.37. The van der Waals surface area contributed by atoms with Crippen LogP contribution in [0.3, 0.4) is 0 Å². The monoisotopic (exact) mass is 400 g/mol. The van der Waals surface area contributed by atoms with Crippen molar-refractivity contribution in [2.24, 2.45) is 17.3 Å². The molecule has 0 saturated carbocycles. The molecular weight excluding hydrogens is 376 g/mol. The molecule has 0 aromatic heterocycles. The van der Waals surface area contributed by atoms with Gasteiger partial charge in [-0.25, -0.2) is 4.90 Å². The van der Waals surface area contributed by atoms with Gasteiger partial charge in [-0.15, -0.1) is 0 Å². The molecule has 2 aromatic carbocycles. The van der Waals surface area contributed by atoms with Gasteiger partial charge in [0.25, 0.3) is 0 Å². The summed E-state index contributed by atoms with van der Waals surface area (Å²) in [7, 11) is 0. The minimum absolute atomic E-state index is 0.0138. The molecule has 2 amide bonds. The first-order chi connectivity index (χ1) is 14.3. The van der Waals surface area contributed by atoms with E-state index in [-0.39, 0.29) is 23.6 Å². The predicted molar refractivity (Wildman–Crippen MR) is 114 cm³/mol. The van der Waals surface area contributed by atoms with Gasteiger partial charge in [0.15, 0.2) is 5.78 Å². The maximum atomic E-state index is 13.6. The van der Waals surface area contributed by atoms with Gasteiger partial charge in [-0.1, -0.05) is 63.2 Å². The Morgan fingerprint density at radius 2 is 1.50 bits per heavy atom. The molecule has 3 aliphatic heterocycles. The molecule has 0 radical (unpaired) electrons. The zero-order valence-electron chi connectivity index (χ0n) is 17.3. The highest BCUT2D eigenvalue weighted by Gasteiger charge is 2.65. The van der Waals surface area contributed by atoms with Gasteiger partial charge in [-0.05, 0) is 29.3 Å². The van der Waals surface area contributed by atoms with Crippen molar-refractivity contribution < 1.29 is 14.4 Å². The standard InChI is InChI=1S/C25H24N2O3/c1-25(2,3)22(28)21-19-18(20-17-12-8-7-9-15(17)13-14-26(20)21)23(29)27(24(19)30)16-10-5-4-6-11-16/h4-14,18-21H,1-3H3/t18-,19+,20+,21-/m0/s1. The van der Waals surface area contributed by atoms with E-state index in [1.165, 1.54) is 4.90 Å². The third kappa shape index (κ3) is 2.51. The molecule has 3 heterocycles. The molecule has 0 aliphatic carbocycles. The van der Waals surface area contributed by atoms with Gasteiger partial charge in [0.05, 0.1) is 23.6 Å². The first-order valence-corrected chi connectivity index (χ1v) is 10.3. The lowest BCUT2D eigenvalue weighted by Crippen LogP contribution is -2.47. The molecule has 152 valence electrons. The number of nitrogens with zero attached hydrogens (tertiary/aromatic N) is 2. The van der Waals surface area contributed by atoms with Crippen molar-refractivity contribution in [3.05, 3.63) is 71.9 Å². The van der Waals surface area contributed by atoms with E-state index >= 15 is 0 Å². The lowest BCUT2D eigenvalue weighted by molar-refractivity contribution is -0.135. The normalized spacial score (nSPS) is 27.2. The lowest BCUT2D eigenvalue weighted by atomic mass is 9.79. The summed E-state index contributed by atoms with van der Waals surface area (Å²) in [6.07, 6.45) is 3.87. The Hall–Kier alpha value is -3.21. The molecule has 5 nitrogen and oxygen atoms in total. The number of fused-ring (bicyclic) bond motifs is 5. The van der Waals surface area contributed by atoms with Crippen molar-refractivity contribution in [3.8, 4) is 0 Å². The first-order valence-electron chi connectivity index (χ1n) is 10.3. The summed E-state index contributed by atoms with van der Waals surface area (Å²) in [6, 6.07) is 15.9. The van der Waals surface area contributed by atoms with Gasteiger partial charge in [0, 0.05) is 11.6 Å². The van der Waals surface area contributed by atoms with Crippen molar-refractivity contribution in [2.75, 3.05) is 4.90 Å². The Labute approximate surface area is 176 Å². The molecule has 2 saturated heterocycles. The summed E-state index contributed by atoms with van der Waals surface area (Å²) in [5.41, 5.74) is 1.96. The number of para-hydroxylation sites is 1. The maximum Gasteiger partial charge on any atom is 0.240 e. The highest BCUT2D eigenvalue weighted by molar-refractivity contribution is 6.24. The fraction of sp³-hybridized carbons (Fsp3) is 0.320. The van der Waals surface area contributed by atoms with E-state index in [9.17, 15) is 14.4 Å². The van der Waals surface area contributed by atoms with Crippen LogP contribution in [0.5, 0.6) is 0 Å². The fourth-order valence-electron chi connectivity index (χ4n) is 5.13. The predicted octanol–water partition coefficient (Wildman–Crippen LogP) is 3.82. The largest absolute Gasteiger partial charge is 0.359 e. The summed E-state index contributed by atoms with van der Waals surface area (Å²) >= 11 is 0. The number of amides is 2. The van der Waals surface area contributed by atoms with Crippen LogP contribution in [0.1, 0.15) is 37.9 Å². The molecule has 0 unspecified atom stereocenters. The molecule has 2 fully saturated rings. The van der Waals surface area contributed by atoms with E-state index in [1.54, 1.807) is 12.1 Å². The van der Waals surface area contributed by atoms with Crippen molar-refractivity contribution in [1.82, 2.24) is 4.90 Å². The number of ketones is 1. The van der Waals surface area contributed by atoms with E-state index in [0.717, 1.165) is 11.1 Å². The smallest absolute Gasteiger partial charge is 0.240 e. The van der Waals surface area contributed by atoms with Crippen molar-refractivity contribution >= 4 is 29.4 Å². The van der Waals surface area contributed by atoms with Crippen LogP contribution in [0, 0.1) is 17.3 Å². The Kier molecular flexibility index (Phi) is 4.01. The topological polar surface area (TPSA) is 57.7 Å². The highest BCUT2D eigenvalue weighted by atomic mass is 16.2. The number of rotatable bonds is 2. The average molecular weight is 400 g/mol. The number of hydrogen-bond donors (Lipinski definition) is 0. The van der Waals surface area contributed by atoms with Gasteiger partial charge in [0.2, 0.25) is 11.8 Å². The maximum absolute atomic E-state index is 13.6. The Balaban J connectivity index is 1.68. The first kappa shape index (κ1) is 18.8. The van der Waals surface area contributed by atoms with E-state index in [4.69, 9.17) is 0 Å². The van der Waals surface area contributed by atoms with Crippen LogP contribution in [0.2, 0.25) is 0 Å². The van der Waals surface area contributed by atoms with Crippen molar-refractivity contribution in [3.63, 3.8) is 0 Å². The Morgan fingerprint density at radius 1 is 0.867 bits per heavy atom. The summed E-state index contributed by atoms with van der Waals surface area (Å²) in [6.45, 7) is 5.61. The number of imide groups is 1. The van der Waals surface area contributed by atoms with E-state index in [2.05, 4.69) is 0 Å². The van der Waals surface area contributed by atoms with E-state index < -0.39 is 23.3 Å². The molecule has 3 aliphatic rings. The second-order valence-electron chi connectivity index (χ2n) is 9.29. The molecule has 0 bridgehead atoms. The molecule has 5 rings (SSSR count). The van der Waals surface area contributed by atoms with Gasteiger partial charge in [-0.3, -0.25) is 14.4 Å². The molecule has 0 N–H and O–H groups in total. The van der Waals surface area contributed by atoms with Crippen LogP contribution in [0.15, 0.2) is 60.8 Å². The highest BCUT2D eigenvalue weighted by Crippen LogP contribution is 2.54.